The highest BCUT2D eigenvalue weighted by Crippen LogP contribution is 2.30. The Bertz CT molecular complexity index is 1220. The molecule has 0 aliphatic heterocycles. The summed E-state index contributed by atoms with van der Waals surface area (Å²) in [7, 11) is 0. The van der Waals surface area contributed by atoms with Gasteiger partial charge in [0.15, 0.2) is 0 Å². The molecule has 0 bridgehead atoms. The van der Waals surface area contributed by atoms with E-state index in [0.717, 1.165) is 29.8 Å². The van der Waals surface area contributed by atoms with Crippen molar-refractivity contribution in [1.82, 2.24) is 5.32 Å². The van der Waals surface area contributed by atoms with E-state index in [1.165, 1.54) is 25.1 Å². The summed E-state index contributed by atoms with van der Waals surface area (Å²) in [5.41, 5.74) is -0.0621. The van der Waals surface area contributed by atoms with Crippen LogP contribution in [0.15, 0.2) is 72.8 Å². The number of anilines is 1. The summed E-state index contributed by atoms with van der Waals surface area (Å²) in [6.45, 7) is 1.26. The molecule has 0 spiro atoms. The van der Waals surface area contributed by atoms with Crippen LogP contribution in [0, 0.1) is 0 Å². The van der Waals surface area contributed by atoms with Crippen LogP contribution in [0.1, 0.15) is 28.4 Å². The van der Waals surface area contributed by atoms with Crippen LogP contribution < -0.4 is 15.4 Å². The zero-order valence-corrected chi connectivity index (χ0v) is 19.1. The van der Waals surface area contributed by atoms with E-state index >= 15 is 0 Å². The van der Waals surface area contributed by atoms with Crippen molar-refractivity contribution in [2.75, 3.05) is 5.32 Å². The summed E-state index contributed by atoms with van der Waals surface area (Å²) in [6, 6.07) is 15.7. The minimum atomic E-state index is -4.51. The minimum absolute atomic E-state index is 0.0797. The Morgan fingerprint density at radius 3 is 2.23 bits per heavy atom. The average molecular weight is 505 g/mol. The number of alkyl halides is 3. The highest BCUT2D eigenvalue weighted by atomic mass is 35.5. The molecule has 0 saturated heterocycles. The number of carbonyl (C=O) groups is 3. The molecule has 3 rings (SSSR count). The lowest BCUT2D eigenvalue weighted by Gasteiger charge is -2.18. The third-order valence-electron chi connectivity index (χ3n) is 4.81. The quantitative estimate of drug-likeness (QED) is 0.339. The summed E-state index contributed by atoms with van der Waals surface area (Å²) in [5.74, 6) is -2.18. The van der Waals surface area contributed by atoms with Crippen molar-refractivity contribution in [1.29, 1.82) is 0 Å². The first kappa shape index (κ1) is 25.8. The number of hydrogen-bond donors (Lipinski definition) is 2. The molecule has 3 aromatic carbocycles. The fraction of sp³-hybridized carbons (Fsp3) is 0.160. The number of benzene rings is 3. The van der Waals surface area contributed by atoms with E-state index < -0.39 is 35.6 Å². The molecular formula is C25H20ClF3N2O4. The van der Waals surface area contributed by atoms with Gasteiger partial charge in [-0.2, -0.15) is 13.2 Å². The van der Waals surface area contributed by atoms with Crippen LogP contribution in [0.25, 0.3) is 0 Å². The summed E-state index contributed by atoms with van der Waals surface area (Å²) in [5, 5.41) is 5.17. The maximum Gasteiger partial charge on any atom is 0.416 e. The van der Waals surface area contributed by atoms with Crippen LogP contribution in [-0.2, 0) is 22.2 Å². The van der Waals surface area contributed by atoms with Gasteiger partial charge in [-0.15, -0.1) is 0 Å². The lowest BCUT2D eigenvalue weighted by Crippen LogP contribution is -2.43. The second-order valence-corrected chi connectivity index (χ2v) is 7.97. The molecule has 35 heavy (non-hydrogen) atoms. The predicted octanol–water partition coefficient (Wildman–Crippen LogP) is 5.26. The van der Waals surface area contributed by atoms with E-state index in [2.05, 4.69) is 10.6 Å². The molecule has 0 aliphatic carbocycles. The largest absolute Gasteiger partial charge is 0.424 e. The highest BCUT2D eigenvalue weighted by Gasteiger charge is 2.30. The Kier molecular flexibility index (Phi) is 8.14. The number of ether oxygens (including phenoxy) is 1. The van der Waals surface area contributed by atoms with Crippen LogP contribution in [-0.4, -0.2) is 23.8 Å². The van der Waals surface area contributed by atoms with Crippen LogP contribution in [0.4, 0.5) is 18.9 Å². The molecule has 2 amide bonds. The molecule has 0 fully saturated rings. The van der Waals surface area contributed by atoms with Gasteiger partial charge in [0, 0.05) is 30.1 Å². The fourth-order valence-electron chi connectivity index (χ4n) is 3.18. The monoisotopic (exact) mass is 504 g/mol. The molecule has 0 heterocycles. The smallest absolute Gasteiger partial charge is 0.416 e. The Balaban J connectivity index is 1.80. The molecule has 6 nitrogen and oxygen atoms in total. The summed E-state index contributed by atoms with van der Waals surface area (Å²) in [6.07, 6.45) is -4.36. The van der Waals surface area contributed by atoms with Crippen molar-refractivity contribution in [3.63, 3.8) is 0 Å². The van der Waals surface area contributed by atoms with Gasteiger partial charge < -0.3 is 15.4 Å². The van der Waals surface area contributed by atoms with E-state index in [0.29, 0.717) is 0 Å². The van der Waals surface area contributed by atoms with Crippen molar-refractivity contribution in [3.8, 4) is 5.75 Å². The third kappa shape index (κ3) is 7.31. The molecule has 0 radical (unpaired) electrons. The van der Waals surface area contributed by atoms with Crippen LogP contribution in [0.2, 0.25) is 5.02 Å². The molecular weight excluding hydrogens is 485 g/mol. The molecule has 2 N–H and O–H groups in total. The molecule has 0 aliphatic rings. The lowest BCUT2D eigenvalue weighted by atomic mass is 10.1. The van der Waals surface area contributed by atoms with E-state index in [4.69, 9.17) is 16.3 Å². The van der Waals surface area contributed by atoms with Crippen LogP contribution in [0.3, 0.4) is 0 Å². The first-order chi connectivity index (χ1) is 16.5. The first-order valence-corrected chi connectivity index (χ1v) is 10.7. The van der Waals surface area contributed by atoms with Gasteiger partial charge in [-0.25, -0.2) is 4.79 Å². The Morgan fingerprint density at radius 1 is 0.971 bits per heavy atom. The van der Waals surface area contributed by atoms with Gasteiger partial charge in [-0.1, -0.05) is 41.9 Å². The van der Waals surface area contributed by atoms with Gasteiger partial charge in [0.05, 0.1) is 11.1 Å². The standard InChI is InChI=1S/C25H20ClF3N2O4/c1-15(32)30-21(13-16-5-3-2-4-6-16)24(34)35-22-14-18(26)9-12-20(22)23(33)31-19-10-7-17(8-11-19)25(27,28)29/h2-12,14,21H,13H2,1H3,(H,30,32)(H,31,33)/t21-/m0/s1. The number of carbonyl (C=O) groups excluding carboxylic acids is 3. The van der Waals surface area contributed by atoms with Gasteiger partial charge in [0.1, 0.15) is 11.8 Å². The zero-order chi connectivity index (χ0) is 25.6. The van der Waals surface area contributed by atoms with E-state index in [1.807, 2.05) is 6.07 Å². The summed E-state index contributed by atoms with van der Waals surface area (Å²) in [4.78, 5) is 37.4. The van der Waals surface area contributed by atoms with E-state index in [9.17, 15) is 27.6 Å². The SMILES string of the molecule is CC(=O)N[C@@H](Cc1ccccc1)C(=O)Oc1cc(Cl)ccc1C(=O)Nc1ccc(C(F)(F)F)cc1. The summed E-state index contributed by atoms with van der Waals surface area (Å²) >= 11 is 6.02. The zero-order valence-electron chi connectivity index (χ0n) is 18.4. The molecule has 3 aromatic rings. The van der Waals surface area contributed by atoms with Gasteiger partial charge in [-0.05, 0) is 42.0 Å². The fourth-order valence-corrected chi connectivity index (χ4v) is 3.34. The van der Waals surface area contributed by atoms with E-state index in [-0.39, 0.29) is 28.4 Å². The molecule has 0 saturated carbocycles. The first-order valence-electron chi connectivity index (χ1n) is 10.3. The van der Waals surface area contributed by atoms with Crippen molar-refractivity contribution in [2.45, 2.75) is 25.6 Å². The molecule has 0 aromatic heterocycles. The van der Waals surface area contributed by atoms with Gasteiger partial charge in [0.2, 0.25) is 5.91 Å². The number of amides is 2. The molecule has 0 unspecified atom stereocenters. The Morgan fingerprint density at radius 2 is 1.63 bits per heavy atom. The predicted molar refractivity (Wildman–Crippen MR) is 124 cm³/mol. The van der Waals surface area contributed by atoms with Crippen molar-refractivity contribution in [3.05, 3.63) is 94.5 Å². The average Bonchev–Trinajstić information content (AvgIpc) is 2.79. The normalized spacial score (nSPS) is 11.9. The number of hydrogen-bond acceptors (Lipinski definition) is 4. The molecule has 10 heteroatoms. The summed E-state index contributed by atoms with van der Waals surface area (Å²) < 4.78 is 43.7. The van der Waals surface area contributed by atoms with Gasteiger partial charge in [0.25, 0.3) is 5.91 Å². The second kappa shape index (κ2) is 11.1. The number of nitrogens with one attached hydrogen (secondary N) is 2. The van der Waals surface area contributed by atoms with Gasteiger partial charge in [-0.3, -0.25) is 9.59 Å². The highest BCUT2D eigenvalue weighted by molar-refractivity contribution is 6.31. The maximum atomic E-state index is 12.9. The second-order valence-electron chi connectivity index (χ2n) is 7.53. The van der Waals surface area contributed by atoms with Crippen molar-refractivity contribution >= 4 is 35.1 Å². The Labute approximate surface area is 204 Å². The number of halogens is 4. The molecule has 1 atom stereocenters. The Hall–Kier alpha value is -3.85. The number of esters is 1. The third-order valence-corrected chi connectivity index (χ3v) is 5.05. The van der Waals surface area contributed by atoms with E-state index in [1.54, 1.807) is 24.3 Å². The maximum absolute atomic E-state index is 12.9. The van der Waals surface area contributed by atoms with Crippen LogP contribution >= 0.6 is 11.6 Å². The van der Waals surface area contributed by atoms with Crippen LogP contribution in [0.5, 0.6) is 5.75 Å². The van der Waals surface area contributed by atoms with Crippen molar-refractivity contribution in [2.24, 2.45) is 0 Å². The lowest BCUT2D eigenvalue weighted by molar-refractivity contribution is -0.139. The minimum Gasteiger partial charge on any atom is -0.424 e. The van der Waals surface area contributed by atoms with Gasteiger partial charge >= 0.3 is 12.1 Å². The number of rotatable bonds is 7. The topological polar surface area (TPSA) is 84.5 Å². The molecule has 182 valence electrons. The van der Waals surface area contributed by atoms with Crippen molar-refractivity contribution < 1.29 is 32.3 Å².